The highest BCUT2D eigenvalue weighted by atomic mass is 35.5. The zero-order valence-corrected chi connectivity index (χ0v) is 24.0. The van der Waals surface area contributed by atoms with Crippen molar-refractivity contribution in [2.45, 2.75) is 52.2 Å². The monoisotopic (exact) mass is 553 g/mol. The Morgan fingerprint density at radius 3 is 2.76 bits per heavy atom. The number of carbonyl (C=O) groups is 1. The number of aromatic nitrogens is 6. The lowest BCUT2D eigenvalue weighted by Gasteiger charge is -2.23. The highest BCUT2D eigenvalue weighted by Gasteiger charge is 2.37. The van der Waals surface area contributed by atoms with E-state index in [0.717, 1.165) is 17.2 Å². The van der Waals surface area contributed by atoms with Gasteiger partial charge in [0.2, 0.25) is 0 Å². The molecule has 200 valence electrons. The third kappa shape index (κ3) is 5.45. The van der Waals surface area contributed by atoms with Crippen molar-refractivity contribution in [2.24, 2.45) is 5.92 Å². The Balaban J connectivity index is 1.37. The number of nitrogens with zero attached hydrogens (tertiary/aromatic N) is 6. The number of carbonyl (C=O) groups excluding carboxylic acids is 1. The molecule has 10 nitrogen and oxygen atoms in total. The lowest BCUT2D eigenvalue weighted by molar-refractivity contribution is 0.127. The molecule has 1 aromatic carbocycles. The van der Waals surface area contributed by atoms with E-state index < -0.39 is 8.07 Å². The molecule has 0 saturated carbocycles. The van der Waals surface area contributed by atoms with Gasteiger partial charge in [-0.05, 0) is 35.7 Å². The molecule has 0 radical (unpaired) electrons. The summed E-state index contributed by atoms with van der Waals surface area (Å²) in [6.07, 6.45) is 3.14. The molecule has 1 fully saturated rings. The van der Waals surface area contributed by atoms with Crippen molar-refractivity contribution < 1.29 is 14.3 Å². The van der Waals surface area contributed by atoms with Gasteiger partial charge >= 0.3 is 6.09 Å². The molecule has 12 heteroatoms. The number of rotatable bonds is 9. The van der Waals surface area contributed by atoms with Crippen LogP contribution in [0.25, 0.3) is 28.2 Å². The average molecular weight is 554 g/mol. The molecular formula is C26H32ClN7O3Si. The minimum atomic E-state index is -1.14. The van der Waals surface area contributed by atoms with Gasteiger partial charge in [-0.1, -0.05) is 51.2 Å². The Hall–Kier alpha value is -3.28. The highest BCUT2D eigenvalue weighted by molar-refractivity contribution is 6.76. The summed E-state index contributed by atoms with van der Waals surface area (Å²) < 4.78 is 12.8. The Labute approximate surface area is 227 Å². The summed E-state index contributed by atoms with van der Waals surface area (Å²) in [5.41, 5.74) is 2.96. The topological polar surface area (TPSA) is 111 Å². The lowest BCUT2D eigenvalue weighted by atomic mass is 10.0. The van der Waals surface area contributed by atoms with Crippen molar-refractivity contribution in [2.75, 3.05) is 18.1 Å². The molecule has 1 aliphatic heterocycles. The molecule has 38 heavy (non-hydrogen) atoms. The smallest absolute Gasteiger partial charge is 0.415 e. The maximum atomic E-state index is 12.5. The molecule has 4 aromatic rings. The maximum absolute atomic E-state index is 12.5. The van der Waals surface area contributed by atoms with Gasteiger partial charge in [0, 0.05) is 32.0 Å². The fraction of sp³-hybridized carbons (Fsp3) is 0.423. The number of hydrogen-bond donors (Lipinski definition) is 1. The van der Waals surface area contributed by atoms with E-state index >= 15 is 0 Å². The first-order valence-corrected chi connectivity index (χ1v) is 16.8. The molecule has 0 bridgehead atoms. The number of H-pyrrole nitrogens is 1. The zero-order chi connectivity index (χ0) is 27.0. The van der Waals surface area contributed by atoms with Crippen LogP contribution in [0.4, 0.5) is 10.6 Å². The second kappa shape index (κ2) is 10.5. The first kappa shape index (κ1) is 26.3. The van der Waals surface area contributed by atoms with Crippen LogP contribution in [0.15, 0.2) is 36.7 Å². The Bertz CT molecular complexity index is 1460. The van der Waals surface area contributed by atoms with Crippen LogP contribution in [-0.4, -0.2) is 63.2 Å². The number of halogens is 1. The molecule has 0 aliphatic carbocycles. The van der Waals surface area contributed by atoms with Crippen molar-refractivity contribution in [3.63, 3.8) is 0 Å². The standard InChI is InChI=1S/C26H32ClN7O3Si/c1-16(2)21-14-37-26(35)34(21)23-8-9-33-25(30-23)19(13-28-33)17-6-7-18(20(27)12-17)24-29-22(31-32-24)15-36-10-11-38(3,4)5/h6-9,12-13,16,21H,10-11,14-15H2,1-5H3,(H,29,31,32). The molecule has 3 aromatic heterocycles. The summed E-state index contributed by atoms with van der Waals surface area (Å²) >= 11 is 6.69. The summed E-state index contributed by atoms with van der Waals surface area (Å²) in [5.74, 6) is 1.93. The van der Waals surface area contributed by atoms with Gasteiger partial charge < -0.3 is 9.47 Å². The Morgan fingerprint density at radius 2 is 2.03 bits per heavy atom. The Kier molecular flexibility index (Phi) is 7.25. The van der Waals surface area contributed by atoms with Gasteiger partial charge in [-0.2, -0.15) is 10.2 Å². The number of ether oxygens (including phenoxy) is 2. The van der Waals surface area contributed by atoms with E-state index in [0.29, 0.717) is 53.5 Å². The van der Waals surface area contributed by atoms with Crippen LogP contribution < -0.4 is 4.90 Å². The number of amides is 1. The van der Waals surface area contributed by atoms with E-state index in [-0.39, 0.29) is 18.1 Å². The first-order chi connectivity index (χ1) is 18.1. The number of nitrogens with one attached hydrogen (secondary N) is 1. The van der Waals surface area contributed by atoms with Crippen LogP contribution in [0.1, 0.15) is 19.7 Å². The highest BCUT2D eigenvalue weighted by Crippen LogP contribution is 2.33. The predicted molar refractivity (Wildman–Crippen MR) is 149 cm³/mol. The summed E-state index contributed by atoms with van der Waals surface area (Å²) in [5, 5.41) is 12.2. The van der Waals surface area contributed by atoms with E-state index in [1.165, 1.54) is 0 Å². The van der Waals surface area contributed by atoms with Gasteiger partial charge in [-0.15, -0.1) is 0 Å². The van der Waals surface area contributed by atoms with Crippen molar-refractivity contribution in [3.05, 3.63) is 47.5 Å². The van der Waals surface area contributed by atoms with Gasteiger partial charge in [0.15, 0.2) is 17.3 Å². The summed E-state index contributed by atoms with van der Waals surface area (Å²) in [7, 11) is -1.14. The second-order valence-corrected chi connectivity index (χ2v) is 17.1. The summed E-state index contributed by atoms with van der Waals surface area (Å²) in [4.78, 5) is 23.4. The normalized spacial score (nSPS) is 16.1. The van der Waals surface area contributed by atoms with E-state index in [1.54, 1.807) is 27.9 Å². The number of aromatic amines is 1. The third-order valence-electron chi connectivity index (χ3n) is 6.56. The number of benzene rings is 1. The number of fused-ring (bicyclic) bond motifs is 1. The predicted octanol–water partition coefficient (Wildman–Crippen LogP) is 5.67. The minimum Gasteiger partial charge on any atom is -0.447 e. The van der Waals surface area contributed by atoms with Crippen molar-refractivity contribution >= 4 is 37.2 Å². The van der Waals surface area contributed by atoms with Crippen molar-refractivity contribution in [3.8, 4) is 22.5 Å². The van der Waals surface area contributed by atoms with Crippen molar-refractivity contribution in [1.29, 1.82) is 0 Å². The molecular weight excluding hydrogens is 522 g/mol. The van der Waals surface area contributed by atoms with Gasteiger partial charge in [-0.3, -0.25) is 10.00 Å². The van der Waals surface area contributed by atoms with Gasteiger partial charge in [-0.25, -0.2) is 19.3 Å². The molecule has 1 unspecified atom stereocenters. The lowest BCUT2D eigenvalue weighted by Crippen LogP contribution is -2.37. The number of cyclic esters (lactones) is 1. The van der Waals surface area contributed by atoms with Crippen LogP contribution in [0.5, 0.6) is 0 Å². The molecule has 1 atom stereocenters. The second-order valence-electron chi connectivity index (χ2n) is 11.0. The SMILES string of the molecule is CC(C)C1COC(=O)N1c1ccn2ncc(-c3ccc(-c4n[nH]c(COCC[Si](C)(C)C)n4)c(Cl)c3)c2n1. The van der Waals surface area contributed by atoms with Crippen LogP contribution in [0.2, 0.25) is 30.7 Å². The molecule has 1 saturated heterocycles. The van der Waals surface area contributed by atoms with E-state index in [2.05, 4.69) is 53.8 Å². The number of hydrogen-bond acceptors (Lipinski definition) is 7. The summed E-state index contributed by atoms with van der Waals surface area (Å²) in [6.45, 7) is 12.5. The molecule has 0 spiro atoms. The van der Waals surface area contributed by atoms with Crippen molar-refractivity contribution in [1.82, 2.24) is 29.8 Å². The Morgan fingerprint density at radius 1 is 1.21 bits per heavy atom. The van der Waals surface area contributed by atoms with Crippen LogP contribution in [0, 0.1) is 5.92 Å². The average Bonchev–Trinajstić information content (AvgIpc) is 3.59. The van der Waals surface area contributed by atoms with Gasteiger partial charge in [0.05, 0.1) is 17.3 Å². The quantitative estimate of drug-likeness (QED) is 0.210. The fourth-order valence-corrected chi connectivity index (χ4v) is 5.30. The molecule has 1 amide bonds. The first-order valence-electron chi connectivity index (χ1n) is 12.7. The van der Waals surface area contributed by atoms with E-state index in [4.69, 9.17) is 26.1 Å². The van der Waals surface area contributed by atoms with Crippen LogP contribution >= 0.6 is 11.6 Å². The van der Waals surface area contributed by atoms with E-state index in [9.17, 15) is 4.79 Å². The molecule has 4 heterocycles. The fourth-order valence-electron chi connectivity index (χ4n) is 4.28. The van der Waals surface area contributed by atoms with Crippen LogP contribution in [-0.2, 0) is 16.1 Å². The molecule has 1 N–H and O–H groups in total. The summed E-state index contributed by atoms with van der Waals surface area (Å²) in [6, 6.07) is 8.47. The maximum Gasteiger partial charge on any atom is 0.415 e. The number of anilines is 1. The minimum absolute atomic E-state index is 0.0745. The molecule has 5 rings (SSSR count). The zero-order valence-electron chi connectivity index (χ0n) is 22.2. The van der Waals surface area contributed by atoms with E-state index in [1.807, 2.05) is 18.2 Å². The van der Waals surface area contributed by atoms with Gasteiger partial charge in [0.1, 0.15) is 19.0 Å². The largest absolute Gasteiger partial charge is 0.447 e. The third-order valence-corrected chi connectivity index (χ3v) is 8.58. The molecule has 1 aliphatic rings. The van der Waals surface area contributed by atoms with Crippen LogP contribution in [0.3, 0.4) is 0 Å². The van der Waals surface area contributed by atoms with Gasteiger partial charge in [0.25, 0.3) is 0 Å².